The van der Waals surface area contributed by atoms with Crippen molar-refractivity contribution in [1.82, 2.24) is 4.90 Å². The molecule has 1 heterocycles. The van der Waals surface area contributed by atoms with Crippen molar-refractivity contribution in [2.45, 2.75) is 0 Å². The highest BCUT2D eigenvalue weighted by atomic mass is 16.5. The van der Waals surface area contributed by atoms with Gasteiger partial charge in [0.2, 0.25) is 0 Å². The van der Waals surface area contributed by atoms with Crippen LogP contribution in [0.5, 0.6) is 5.75 Å². The molecular formula is C13H18N2O3. The largest absolute Gasteiger partial charge is 0.492 e. The van der Waals surface area contributed by atoms with Gasteiger partial charge in [-0.15, -0.1) is 0 Å². The van der Waals surface area contributed by atoms with Crippen molar-refractivity contribution < 1.29 is 14.3 Å². The first-order valence-corrected chi connectivity index (χ1v) is 6.11. The number of amides is 1. The molecule has 0 atom stereocenters. The number of carbonyl (C=O) groups excluding carboxylic acids is 1. The van der Waals surface area contributed by atoms with Crippen LogP contribution in [0.1, 0.15) is 10.4 Å². The normalized spacial score (nSPS) is 15.5. The van der Waals surface area contributed by atoms with Gasteiger partial charge in [-0.25, -0.2) is 0 Å². The van der Waals surface area contributed by atoms with E-state index in [1.165, 1.54) is 0 Å². The average molecular weight is 250 g/mol. The minimum absolute atomic E-state index is 0.0245. The molecule has 1 amide bonds. The van der Waals surface area contributed by atoms with Gasteiger partial charge in [0, 0.05) is 25.2 Å². The first-order chi connectivity index (χ1) is 8.81. The van der Waals surface area contributed by atoms with E-state index < -0.39 is 0 Å². The van der Waals surface area contributed by atoms with Crippen molar-refractivity contribution in [2.75, 3.05) is 39.5 Å². The number of hydrogen-bond acceptors (Lipinski definition) is 4. The van der Waals surface area contributed by atoms with Crippen LogP contribution in [0.25, 0.3) is 0 Å². The van der Waals surface area contributed by atoms with E-state index in [1.807, 2.05) is 12.1 Å². The van der Waals surface area contributed by atoms with Gasteiger partial charge >= 0.3 is 0 Å². The van der Waals surface area contributed by atoms with Crippen LogP contribution in [0.3, 0.4) is 0 Å². The molecule has 2 rings (SSSR count). The van der Waals surface area contributed by atoms with Crippen molar-refractivity contribution in [3.05, 3.63) is 29.8 Å². The molecule has 1 aliphatic heterocycles. The molecule has 2 N–H and O–H groups in total. The van der Waals surface area contributed by atoms with Crippen LogP contribution in [0.4, 0.5) is 0 Å². The molecule has 0 aliphatic carbocycles. The van der Waals surface area contributed by atoms with Gasteiger partial charge in [0.25, 0.3) is 5.91 Å². The second-order valence-corrected chi connectivity index (χ2v) is 4.07. The summed E-state index contributed by atoms with van der Waals surface area (Å²) in [5.74, 6) is 0.705. The van der Waals surface area contributed by atoms with Crippen LogP contribution in [-0.2, 0) is 4.74 Å². The van der Waals surface area contributed by atoms with Gasteiger partial charge in [-0.3, -0.25) is 4.79 Å². The molecule has 0 unspecified atom stereocenters. The van der Waals surface area contributed by atoms with E-state index in [2.05, 4.69) is 0 Å². The quantitative estimate of drug-likeness (QED) is 0.845. The Balaban J connectivity index is 2.04. The van der Waals surface area contributed by atoms with E-state index in [4.69, 9.17) is 15.2 Å². The van der Waals surface area contributed by atoms with Gasteiger partial charge in [0.15, 0.2) is 0 Å². The van der Waals surface area contributed by atoms with Crippen molar-refractivity contribution in [1.29, 1.82) is 0 Å². The number of benzene rings is 1. The fourth-order valence-corrected chi connectivity index (χ4v) is 1.84. The van der Waals surface area contributed by atoms with Gasteiger partial charge in [-0.1, -0.05) is 6.07 Å². The lowest BCUT2D eigenvalue weighted by Crippen LogP contribution is -2.40. The van der Waals surface area contributed by atoms with E-state index in [9.17, 15) is 4.79 Å². The van der Waals surface area contributed by atoms with Gasteiger partial charge in [-0.2, -0.15) is 0 Å². The van der Waals surface area contributed by atoms with Gasteiger partial charge < -0.3 is 20.1 Å². The standard InChI is InChI=1S/C13H18N2O3/c14-4-7-18-12-3-1-2-11(10-12)13(16)15-5-8-17-9-6-15/h1-3,10H,4-9,14H2. The topological polar surface area (TPSA) is 64.8 Å². The number of rotatable bonds is 4. The molecule has 1 aliphatic rings. The van der Waals surface area contributed by atoms with Crippen LogP contribution >= 0.6 is 0 Å². The van der Waals surface area contributed by atoms with Crippen molar-refractivity contribution >= 4 is 5.91 Å². The lowest BCUT2D eigenvalue weighted by Gasteiger charge is -2.26. The van der Waals surface area contributed by atoms with E-state index in [0.717, 1.165) is 0 Å². The summed E-state index contributed by atoms with van der Waals surface area (Å²) in [7, 11) is 0. The van der Waals surface area contributed by atoms with E-state index in [1.54, 1.807) is 17.0 Å². The molecule has 1 fully saturated rings. The predicted octanol–water partition coefficient (Wildman–Crippen LogP) is 0.496. The first kappa shape index (κ1) is 12.9. The van der Waals surface area contributed by atoms with Crippen LogP contribution in [-0.4, -0.2) is 50.3 Å². The number of carbonyl (C=O) groups is 1. The Kier molecular flexibility index (Phi) is 4.55. The van der Waals surface area contributed by atoms with E-state index in [0.29, 0.717) is 50.8 Å². The highest BCUT2D eigenvalue weighted by Gasteiger charge is 2.18. The van der Waals surface area contributed by atoms with Gasteiger partial charge in [-0.05, 0) is 18.2 Å². The first-order valence-electron chi connectivity index (χ1n) is 6.11. The zero-order valence-corrected chi connectivity index (χ0v) is 10.3. The summed E-state index contributed by atoms with van der Waals surface area (Å²) < 4.78 is 10.6. The summed E-state index contributed by atoms with van der Waals surface area (Å²) in [6, 6.07) is 7.20. The molecule has 0 aromatic heterocycles. The molecule has 1 aromatic carbocycles. The third-order valence-electron chi connectivity index (χ3n) is 2.77. The van der Waals surface area contributed by atoms with Crippen LogP contribution in [0, 0.1) is 0 Å². The average Bonchev–Trinajstić information content (AvgIpc) is 2.45. The second kappa shape index (κ2) is 6.37. The Bertz CT molecular complexity index is 403. The molecule has 1 aromatic rings. The molecule has 5 nitrogen and oxygen atoms in total. The molecule has 1 saturated heterocycles. The number of morpholine rings is 1. The zero-order valence-electron chi connectivity index (χ0n) is 10.3. The van der Waals surface area contributed by atoms with Crippen LogP contribution < -0.4 is 10.5 Å². The Morgan fingerprint density at radius 3 is 2.89 bits per heavy atom. The van der Waals surface area contributed by atoms with Crippen molar-refractivity contribution in [3.8, 4) is 5.75 Å². The minimum Gasteiger partial charge on any atom is -0.492 e. The fraction of sp³-hybridized carbons (Fsp3) is 0.462. The fourth-order valence-electron chi connectivity index (χ4n) is 1.84. The summed E-state index contributed by atoms with van der Waals surface area (Å²) >= 11 is 0. The molecule has 0 bridgehead atoms. The number of hydrogen-bond donors (Lipinski definition) is 1. The maximum Gasteiger partial charge on any atom is 0.254 e. The van der Waals surface area contributed by atoms with Crippen molar-refractivity contribution in [2.24, 2.45) is 5.73 Å². The third-order valence-corrected chi connectivity index (χ3v) is 2.77. The predicted molar refractivity (Wildman–Crippen MR) is 67.7 cm³/mol. The molecule has 98 valence electrons. The lowest BCUT2D eigenvalue weighted by atomic mass is 10.2. The molecule has 18 heavy (non-hydrogen) atoms. The van der Waals surface area contributed by atoms with Crippen LogP contribution in [0.2, 0.25) is 0 Å². The lowest BCUT2D eigenvalue weighted by molar-refractivity contribution is 0.0302. The number of nitrogens with zero attached hydrogens (tertiary/aromatic N) is 1. The number of ether oxygens (including phenoxy) is 2. The molecule has 0 radical (unpaired) electrons. The minimum atomic E-state index is 0.0245. The van der Waals surface area contributed by atoms with E-state index >= 15 is 0 Å². The molecule has 0 spiro atoms. The molecular weight excluding hydrogens is 232 g/mol. The maximum absolute atomic E-state index is 12.2. The summed E-state index contributed by atoms with van der Waals surface area (Å²) in [6.07, 6.45) is 0. The second-order valence-electron chi connectivity index (χ2n) is 4.07. The highest BCUT2D eigenvalue weighted by Crippen LogP contribution is 2.15. The SMILES string of the molecule is NCCOc1cccc(C(=O)N2CCOCC2)c1. The smallest absolute Gasteiger partial charge is 0.254 e. The van der Waals surface area contributed by atoms with E-state index in [-0.39, 0.29) is 5.91 Å². The summed E-state index contributed by atoms with van der Waals surface area (Å²) in [5, 5.41) is 0. The molecule has 5 heteroatoms. The van der Waals surface area contributed by atoms with Gasteiger partial charge in [0.05, 0.1) is 13.2 Å². The zero-order chi connectivity index (χ0) is 12.8. The third kappa shape index (κ3) is 3.21. The highest BCUT2D eigenvalue weighted by molar-refractivity contribution is 5.94. The summed E-state index contributed by atoms with van der Waals surface area (Å²) in [5.41, 5.74) is 6.02. The summed E-state index contributed by atoms with van der Waals surface area (Å²) in [6.45, 7) is 3.42. The van der Waals surface area contributed by atoms with Crippen LogP contribution in [0.15, 0.2) is 24.3 Å². The molecule has 0 saturated carbocycles. The van der Waals surface area contributed by atoms with Gasteiger partial charge in [0.1, 0.15) is 12.4 Å². The Morgan fingerprint density at radius 1 is 1.39 bits per heavy atom. The summed E-state index contributed by atoms with van der Waals surface area (Å²) in [4.78, 5) is 14.0. The van der Waals surface area contributed by atoms with Crippen molar-refractivity contribution in [3.63, 3.8) is 0 Å². The Labute approximate surface area is 106 Å². The number of nitrogens with two attached hydrogens (primary N) is 1. The monoisotopic (exact) mass is 250 g/mol. The Hall–Kier alpha value is -1.59. The maximum atomic E-state index is 12.2. The Morgan fingerprint density at radius 2 is 2.17 bits per heavy atom.